The Kier molecular flexibility index (Phi) is 7.21. The summed E-state index contributed by atoms with van der Waals surface area (Å²) in [5.74, 6) is 1.42. The number of nitrogens with one attached hydrogen (secondary N) is 3. The maximum atomic E-state index is 12.3. The Bertz CT molecular complexity index is 1140. The maximum absolute atomic E-state index is 12.3. The van der Waals surface area contributed by atoms with Gasteiger partial charge in [0.1, 0.15) is 11.6 Å². The molecule has 0 saturated heterocycles. The summed E-state index contributed by atoms with van der Waals surface area (Å²) in [5, 5.41) is 18.9. The van der Waals surface area contributed by atoms with E-state index in [2.05, 4.69) is 41.8 Å². The normalized spacial score (nSPS) is 10.3. The van der Waals surface area contributed by atoms with Crippen LogP contribution in [0.5, 0.6) is 23.0 Å². The minimum atomic E-state index is -0.264. The van der Waals surface area contributed by atoms with Crippen LogP contribution in [0.15, 0.2) is 41.0 Å². The number of hydrogen-bond acceptors (Lipinski definition) is 9. The van der Waals surface area contributed by atoms with Gasteiger partial charge >= 0.3 is 0 Å². The van der Waals surface area contributed by atoms with Gasteiger partial charge in [-0.25, -0.2) is 4.98 Å². The summed E-state index contributed by atoms with van der Waals surface area (Å²) in [4.78, 5) is 21.0. The molecule has 0 aliphatic rings. The third-order valence-corrected chi connectivity index (χ3v) is 4.99. The molecular formula is C21H22BrN5O5. The molecule has 0 saturated carbocycles. The molecule has 0 fully saturated rings. The van der Waals surface area contributed by atoms with Gasteiger partial charge in [0.15, 0.2) is 11.5 Å². The predicted molar refractivity (Wildman–Crippen MR) is 124 cm³/mol. The summed E-state index contributed by atoms with van der Waals surface area (Å²) in [6, 6.07) is 8.15. The minimum Gasteiger partial charge on any atom is -0.504 e. The molecule has 0 atom stereocenters. The van der Waals surface area contributed by atoms with E-state index >= 15 is 0 Å². The third kappa shape index (κ3) is 4.94. The van der Waals surface area contributed by atoms with E-state index in [1.165, 1.54) is 20.3 Å². The number of halogens is 1. The number of aromatic nitrogens is 2. The van der Waals surface area contributed by atoms with Gasteiger partial charge in [-0.15, -0.1) is 0 Å². The van der Waals surface area contributed by atoms with Crippen LogP contribution in [0.4, 0.5) is 23.1 Å². The number of aromatic hydroxyl groups is 1. The van der Waals surface area contributed by atoms with Crippen molar-refractivity contribution in [2.45, 2.75) is 0 Å². The number of phenols is 1. The first-order chi connectivity index (χ1) is 15.4. The van der Waals surface area contributed by atoms with Crippen molar-refractivity contribution in [2.75, 3.05) is 39.0 Å². The van der Waals surface area contributed by atoms with Gasteiger partial charge in [0.25, 0.3) is 5.91 Å². The Labute approximate surface area is 193 Å². The number of carbonyl (C=O) groups excluding carboxylic acids is 1. The van der Waals surface area contributed by atoms with Crippen molar-refractivity contribution in [3.05, 3.63) is 46.6 Å². The third-order valence-electron chi connectivity index (χ3n) is 4.41. The fraction of sp³-hybridized carbons (Fsp3) is 0.190. The number of amides is 1. The summed E-state index contributed by atoms with van der Waals surface area (Å²) >= 11 is 3.42. The van der Waals surface area contributed by atoms with Gasteiger partial charge in [-0.2, -0.15) is 4.98 Å². The van der Waals surface area contributed by atoms with Crippen LogP contribution >= 0.6 is 15.9 Å². The van der Waals surface area contributed by atoms with Gasteiger partial charge in [0.05, 0.1) is 37.1 Å². The van der Waals surface area contributed by atoms with Crippen LogP contribution in [-0.2, 0) is 0 Å². The smallest absolute Gasteiger partial charge is 0.253 e. The van der Waals surface area contributed by atoms with E-state index in [0.717, 1.165) is 0 Å². The lowest BCUT2D eigenvalue weighted by atomic mass is 10.1. The molecule has 11 heteroatoms. The fourth-order valence-corrected chi connectivity index (χ4v) is 3.16. The lowest BCUT2D eigenvalue weighted by molar-refractivity contribution is 0.0964. The number of anilines is 4. The highest BCUT2D eigenvalue weighted by atomic mass is 79.9. The SMILES string of the molecule is CNC(=O)c1ccc(OC)cc1Nc1nc(Nc2cc(O)c(OC)c(OC)c2)ncc1Br. The van der Waals surface area contributed by atoms with Crippen molar-refractivity contribution in [3.63, 3.8) is 0 Å². The Balaban J connectivity index is 1.94. The van der Waals surface area contributed by atoms with E-state index in [1.54, 1.807) is 44.6 Å². The van der Waals surface area contributed by atoms with Gasteiger partial charge in [-0.3, -0.25) is 4.79 Å². The lowest BCUT2D eigenvalue weighted by Crippen LogP contribution is -2.19. The van der Waals surface area contributed by atoms with Crippen molar-refractivity contribution < 1.29 is 24.1 Å². The van der Waals surface area contributed by atoms with E-state index in [0.29, 0.717) is 38.7 Å². The Morgan fingerprint density at radius 3 is 2.50 bits per heavy atom. The topological polar surface area (TPSA) is 127 Å². The average molecular weight is 504 g/mol. The zero-order valence-corrected chi connectivity index (χ0v) is 19.4. The zero-order valence-electron chi connectivity index (χ0n) is 17.8. The summed E-state index contributed by atoms with van der Waals surface area (Å²) in [7, 11) is 6.00. The van der Waals surface area contributed by atoms with Crippen LogP contribution in [0, 0.1) is 0 Å². The second-order valence-corrected chi connectivity index (χ2v) is 7.22. The fourth-order valence-electron chi connectivity index (χ4n) is 2.87. The molecule has 3 aromatic rings. The van der Waals surface area contributed by atoms with Crippen LogP contribution in [0.3, 0.4) is 0 Å². The molecule has 1 aromatic heterocycles. The van der Waals surface area contributed by atoms with Crippen molar-refractivity contribution in [2.24, 2.45) is 0 Å². The number of methoxy groups -OCH3 is 3. The first-order valence-electron chi connectivity index (χ1n) is 9.31. The Morgan fingerprint density at radius 1 is 1.06 bits per heavy atom. The molecule has 168 valence electrons. The van der Waals surface area contributed by atoms with Crippen molar-refractivity contribution in [1.29, 1.82) is 0 Å². The molecule has 0 spiro atoms. The average Bonchev–Trinajstić information content (AvgIpc) is 2.80. The van der Waals surface area contributed by atoms with E-state index in [4.69, 9.17) is 14.2 Å². The van der Waals surface area contributed by atoms with Gasteiger partial charge in [0, 0.05) is 37.1 Å². The van der Waals surface area contributed by atoms with Gasteiger partial charge in [0.2, 0.25) is 11.7 Å². The largest absolute Gasteiger partial charge is 0.504 e. The second kappa shape index (κ2) is 10.1. The highest BCUT2D eigenvalue weighted by Crippen LogP contribution is 2.40. The Hall–Kier alpha value is -3.73. The van der Waals surface area contributed by atoms with E-state index in [9.17, 15) is 9.90 Å². The van der Waals surface area contributed by atoms with Crippen LogP contribution in [-0.4, -0.2) is 49.4 Å². The lowest BCUT2D eigenvalue weighted by Gasteiger charge is -2.15. The maximum Gasteiger partial charge on any atom is 0.253 e. The first kappa shape index (κ1) is 22.9. The first-order valence-corrected chi connectivity index (χ1v) is 10.1. The van der Waals surface area contributed by atoms with Crippen molar-refractivity contribution >= 4 is 45.0 Å². The summed E-state index contributed by atoms with van der Waals surface area (Å²) < 4.78 is 16.2. The van der Waals surface area contributed by atoms with E-state index in [-0.39, 0.29) is 23.4 Å². The molecule has 32 heavy (non-hydrogen) atoms. The van der Waals surface area contributed by atoms with Crippen LogP contribution in [0.1, 0.15) is 10.4 Å². The second-order valence-electron chi connectivity index (χ2n) is 6.36. The van der Waals surface area contributed by atoms with Crippen LogP contribution in [0.25, 0.3) is 0 Å². The van der Waals surface area contributed by atoms with Crippen molar-refractivity contribution in [1.82, 2.24) is 15.3 Å². The zero-order chi connectivity index (χ0) is 23.3. The number of nitrogens with zero attached hydrogens (tertiary/aromatic N) is 2. The van der Waals surface area contributed by atoms with E-state index < -0.39 is 0 Å². The number of benzene rings is 2. The standard InChI is InChI=1S/C21H22BrN5O5/c1-23-20(29)13-6-5-12(30-2)9-15(13)26-19-14(22)10-24-21(27-19)25-11-7-16(28)18(32-4)17(8-11)31-3/h5-10,28H,1-4H3,(H,23,29)(H2,24,25,26,27). The van der Waals surface area contributed by atoms with E-state index in [1.807, 2.05) is 0 Å². The Morgan fingerprint density at radius 2 is 1.84 bits per heavy atom. The molecule has 0 aliphatic carbocycles. The summed E-state index contributed by atoms with van der Waals surface area (Å²) in [6.07, 6.45) is 1.55. The van der Waals surface area contributed by atoms with Crippen LogP contribution in [0.2, 0.25) is 0 Å². The molecule has 1 amide bonds. The minimum absolute atomic E-state index is 0.101. The molecule has 0 aliphatic heterocycles. The number of rotatable bonds is 8. The molecule has 4 N–H and O–H groups in total. The summed E-state index contributed by atoms with van der Waals surface area (Å²) in [6.45, 7) is 0. The van der Waals surface area contributed by atoms with Crippen LogP contribution < -0.4 is 30.2 Å². The number of ether oxygens (including phenoxy) is 3. The monoisotopic (exact) mass is 503 g/mol. The number of hydrogen-bond donors (Lipinski definition) is 4. The molecule has 0 bridgehead atoms. The van der Waals surface area contributed by atoms with Gasteiger partial charge < -0.3 is 35.3 Å². The highest BCUT2D eigenvalue weighted by molar-refractivity contribution is 9.10. The van der Waals surface area contributed by atoms with Crippen molar-refractivity contribution in [3.8, 4) is 23.0 Å². The highest BCUT2D eigenvalue weighted by Gasteiger charge is 2.16. The quantitative estimate of drug-likeness (QED) is 0.362. The number of carbonyl (C=O) groups is 1. The molecule has 2 aromatic carbocycles. The molecule has 0 radical (unpaired) electrons. The molecule has 1 heterocycles. The van der Waals surface area contributed by atoms with Gasteiger partial charge in [-0.1, -0.05) is 0 Å². The molecule has 3 rings (SSSR count). The van der Waals surface area contributed by atoms with Gasteiger partial charge in [-0.05, 0) is 28.1 Å². The summed E-state index contributed by atoms with van der Waals surface area (Å²) in [5.41, 5.74) is 1.40. The number of phenolic OH excluding ortho intramolecular Hbond substituents is 1. The molecule has 0 unspecified atom stereocenters. The molecule has 10 nitrogen and oxygen atoms in total. The molecular weight excluding hydrogens is 482 g/mol. The predicted octanol–water partition coefficient (Wildman–Crippen LogP) is 3.82.